The van der Waals surface area contributed by atoms with Gasteiger partial charge in [-0.3, -0.25) is 0 Å². The predicted octanol–water partition coefficient (Wildman–Crippen LogP) is 1.90. The van der Waals surface area contributed by atoms with Crippen molar-refractivity contribution in [1.29, 1.82) is 0 Å². The Balaban J connectivity index is 1.65. The van der Waals surface area contributed by atoms with E-state index in [9.17, 15) is 0 Å². The van der Waals surface area contributed by atoms with Gasteiger partial charge < -0.3 is 14.5 Å². The first kappa shape index (κ1) is 12.2. The molecule has 100 valence electrons. The molecule has 19 heavy (non-hydrogen) atoms. The monoisotopic (exact) mass is 259 g/mol. The smallest absolute Gasteiger partial charge is 0.257 e. The fourth-order valence-corrected chi connectivity index (χ4v) is 2.19. The van der Waals surface area contributed by atoms with E-state index in [0.717, 1.165) is 31.7 Å². The third kappa shape index (κ3) is 2.61. The molecule has 0 saturated carbocycles. The third-order valence-electron chi connectivity index (χ3n) is 3.17. The Morgan fingerprint density at radius 1 is 1.32 bits per heavy atom. The molecule has 1 N–H and O–H groups in total. The molecule has 0 spiro atoms. The van der Waals surface area contributed by atoms with Crippen LogP contribution in [0.4, 0.5) is 0 Å². The Bertz CT molecular complexity index is 528. The second-order valence-corrected chi connectivity index (χ2v) is 4.56. The number of ether oxygens (including phenoxy) is 1. The minimum absolute atomic E-state index is 0.141. The Morgan fingerprint density at radius 3 is 3.05 bits per heavy atom. The largest absolute Gasteiger partial charge is 0.480 e. The number of aromatic nitrogens is 2. The van der Waals surface area contributed by atoms with E-state index in [4.69, 9.17) is 9.15 Å². The van der Waals surface area contributed by atoms with Gasteiger partial charge >= 0.3 is 0 Å². The highest BCUT2D eigenvalue weighted by molar-refractivity contribution is 5.37. The van der Waals surface area contributed by atoms with Crippen LogP contribution >= 0.6 is 0 Å². The van der Waals surface area contributed by atoms with E-state index in [1.54, 1.807) is 0 Å². The summed E-state index contributed by atoms with van der Waals surface area (Å²) in [5.41, 5.74) is 1.19. The molecule has 0 aliphatic carbocycles. The van der Waals surface area contributed by atoms with Gasteiger partial charge in [-0.2, -0.15) is 0 Å². The van der Waals surface area contributed by atoms with Crippen LogP contribution in [0.2, 0.25) is 0 Å². The van der Waals surface area contributed by atoms with Crippen LogP contribution in [-0.4, -0.2) is 23.3 Å². The number of nitrogens with zero attached hydrogens (tertiary/aromatic N) is 2. The fourth-order valence-electron chi connectivity index (χ4n) is 2.19. The van der Waals surface area contributed by atoms with Crippen molar-refractivity contribution in [2.75, 3.05) is 13.1 Å². The van der Waals surface area contributed by atoms with Crippen LogP contribution in [0.5, 0.6) is 5.75 Å². The summed E-state index contributed by atoms with van der Waals surface area (Å²) >= 11 is 0. The molecule has 1 aliphatic rings. The van der Waals surface area contributed by atoms with Crippen LogP contribution < -0.4 is 10.1 Å². The maximum Gasteiger partial charge on any atom is 0.257 e. The molecule has 0 amide bonds. The normalized spacial score (nSPS) is 17.2. The standard InChI is InChI=1S/C14H17N3O2/c1-2-15-8-7-13-16-17-14(19-13)12-9-10-5-3-4-6-11(10)18-12/h3-6,12,15H,2,7-9H2,1H3. The molecule has 1 aromatic heterocycles. The summed E-state index contributed by atoms with van der Waals surface area (Å²) in [6.45, 7) is 3.87. The number of nitrogens with one attached hydrogen (secondary N) is 1. The third-order valence-corrected chi connectivity index (χ3v) is 3.17. The summed E-state index contributed by atoms with van der Waals surface area (Å²) < 4.78 is 11.5. The van der Waals surface area contributed by atoms with Gasteiger partial charge in [0, 0.05) is 19.4 Å². The molecule has 0 saturated heterocycles. The van der Waals surface area contributed by atoms with Gasteiger partial charge in [0.05, 0.1) is 0 Å². The molecule has 1 unspecified atom stereocenters. The molecule has 5 nitrogen and oxygen atoms in total. The van der Waals surface area contributed by atoms with Crippen molar-refractivity contribution in [1.82, 2.24) is 15.5 Å². The molecule has 1 aromatic carbocycles. The van der Waals surface area contributed by atoms with Gasteiger partial charge in [-0.05, 0) is 18.2 Å². The second kappa shape index (κ2) is 5.40. The molecular formula is C14H17N3O2. The lowest BCUT2D eigenvalue weighted by Crippen LogP contribution is -2.16. The average Bonchev–Trinajstić information content (AvgIpc) is 3.04. The first-order chi connectivity index (χ1) is 9.36. The number of hydrogen-bond donors (Lipinski definition) is 1. The van der Waals surface area contributed by atoms with Crippen molar-refractivity contribution >= 4 is 0 Å². The molecule has 3 rings (SSSR count). The molecule has 2 aromatic rings. The van der Waals surface area contributed by atoms with Gasteiger partial charge in [0.15, 0.2) is 6.10 Å². The number of likely N-dealkylation sites (N-methyl/N-ethyl adjacent to an activating group) is 1. The summed E-state index contributed by atoms with van der Waals surface area (Å²) in [6, 6.07) is 8.02. The fraction of sp³-hybridized carbons (Fsp3) is 0.429. The van der Waals surface area contributed by atoms with E-state index in [2.05, 4.69) is 28.5 Å². The SMILES string of the molecule is CCNCCc1nnc(C2Cc3ccccc3O2)o1. The maximum atomic E-state index is 5.82. The number of para-hydroxylation sites is 1. The average molecular weight is 259 g/mol. The molecular weight excluding hydrogens is 242 g/mol. The van der Waals surface area contributed by atoms with E-state index in [1.165, 1.54) is 5.56 Å². The summed E-state index contributed by atoms with van der Waals surface area (Å²) in [4.78, 5) is 0. The van der Waals surface area contributed by atoms with Crippen molar-refractivity contribution in [3.63, 3.8) is 0 Å². The Labute approximate surface area is 112 Å². The van der Waals surface area contributed by atoms with Crippen LogP contribution in [0.3, 0.4) is 0 Å². The van der Waals surface area contributed by atoms with Crippen LogP contribution in [0.25, 0.3) is 0 Å². The van der Waals surface area contributed by atoms with Gasteiger partial charge in [-0.25, -0.2) is 0 Å². The lowest BCUT2D eigenvalue weighted by molar-refractivity contribution is 0.195. The molecule has 0 bridgehead atoms. The lowest BCUT2D eigenvalue weighted by atomic mass is 10.1. The second-order valence-electron chi connectivity index (χ2n) is 4.56. The van der Waals surface area contributed by atoms with Crippen molar-refractivity contribution in [3.8, 4) is 5.75 Å². The summed E-state index contributed by atoms with van der Waals surface area (Å²) in [5.74, 6) is 2.15. The van der Waals surface area contributed by atoms with Gasteiger partial charge in [0.2, 0.25) is 5.89 Å². The summed E-state index contributed by atoms with van der Waals surface area (Å²) in [6.07, 6.45) is 1.41. The van der Waals surface area contributed by atoms with Crippen LogP contribution in [0, 0.1) is 0 Å². The number of hydrogen-bond acceptors (Lipinski definition) is 5. The zero-order valence-corrected chi connectivity index (χ0v) is 10.9. The van der Waals surface area contributed by atoms with Crippen molar-refractivity contribution in [2.24, 2.45) is 0 Å². The zero-order valence-electron chi connectivity index (χ0n) is 10.9. The van der Waals surface area contributed by atoms with E-state index in [-0.39, 0.29) is 6.10 Å². The highest BCUT2D eigenvalue weighted by Crippen LogP contribution is 2.35. The Morgan fingerprint density at radius 2 is 2.21 bits per heavy atom. The highest BCUT2D eigenvalue weighted by Gasteiger charge is 2.28. The number of rotatable bonds is 5. The lowest BCUT2D eigenvalue weighted by Gasteiger charge is -2.04. The van der Waals surface area contributed by atoms with Gasteiger partial charge in [0.1, 0.15) is 5.75 Å². The van der Waals surface area contributed by atoms with E-state index < -0.39 is 0 Å². The van der Waals surface area contributed by atoms with Gasteiger partial charge in [-0.15, -0.1) is 10.2 Å². The van der Waals surface area contributed by atoms with Crippen LogP contribution in [0.1, 0.15) is 30.4 Å². The van der Waals surface area contributed by atoms with Crippen molar-refractivity contribution < 1.29 is 9.15 Å². The van der Waals surface area contributed by atoms with E-state index in [0.29, 0.717) is 11.8 Å². The molecule has 2 heterocycles. The summed E-state index contributed by atoms with van der Waals surface area (Å²) in [5, 5.41) is 11.4. The predicted molar refractivity (Wildman–Crippen MR) is 70.1 cm³/mol. The molecule has 0 fully saturated rings. The first-order valence-corrected chi connectivity index (χ1v) is 6.64. The molecule has 5 heteroatoms. The number of fused-ring (bicyclic) bond motifs is 1. The minimum atomic E-state index is -0.141. The topological polar surface area (TPSA) is 60.2 Å². The highest BCUT2D eigenvalue weighted by atomic mass is 16.5. The maximum absolute atomic E-state index is 5.82. The first-order valence-electron chi connectivity index (χ1n) is 6.64. The van der Waals surface area contributed by atoms with Gasteiger partial charge in [-0.1, -0.05) is 25.1 Å². The zero-order chi connectivity index (χ0) is 13.1. The Hall–Kier alpha value is -1.88. The minimum Gasteiger partial charge on any atom is -0.480 e. The molecule has 1 atom stereocenters. The number of benzene rings is 1. The molecule has 1 aliphatic heterocycles. The summed E-state index contributed by atoms with van der Waals surface area (Å²) in [7, 11) is 0. The van der Waals surface area contributed by atoms with E-state index >= 15 is 0 Å². The quantitative estimate of drug-likeness (QED) is 0.831. The van der Waals surface area contributed by atoms with Crippen molar-refractivity contribution in [2.45, 2.75) is 25.9 Å². The van der Waals surface area contributed by atoms with Crippen molar-refractivity contribution in [3.05, 3.63) is 41.6 Å². The van der Waals surface area contributed by atoms with Crippen LogP contribution in [-0.2, 0) is 12.8 Å². The molecule has 0 radical (unpaired) electrons. The van der Waals surface area contributed by atoms with Crippen LogP contribution in [0.15, 0.2) is 28.7 Å². The Kier molecular flexibility index (Phi) is 3.46. The van der Waals surface area contributed by atoms with E-state index in [1.807, 2.05) is 18.2 Å². The van der Waals surface area contributed by atoms with Gasteiger partial charge in [0.25, 0.3) is 5.89 Å².